The molecule has 0 amide bonds. The Morgan fingerprint density at radius 1 is 1.29 bits per heavy atom. The molecular formula is C14H15FN2O3S. The molecule has 0 aliphatic rings. The third kappa shape index (κ3) is 3.37. The van der Waals surface area contributed by atoms with Gasteiger partial charge in [0, 0.05) is 25.4 Å². The van der Waals surface area contributed by atoms with Crippen molar-refractivity contribution in [3.05, 3.63) is 63.8 Å². The van der Waals surface area contributed by atoms with Crippen LogP contribution in [0.4, 0.5) is 4.39 Å². The highest BCUT2D eigenvalue weighted by molar-refractivity contribution is 7.89. The largest absolute Gasteiger partial charge is 0.318 e. The zero-order valence-electron chi connectivity index (χ0n) is 11.6. The Labute approximate surface area is 122 Å². The lowest BCUT2D eigenvalue weighted by molar-refractivity contribution is 0.579. The fourth-order valence-corrected chi connectivity index (χ4v) is 2.92. The first-order valence-electron chi connectivity index (χ1n) is 6.21. The van der Waals surface area contributed by atoms with Crippen molar-refractivity contribution in [2.24, 2.45) is 7.05 Å². The molecule has 112 valence electrons. The number of nitrogens with one attached hydrogen (secondary N) is 1. The number of halogens is 1. The van der Waals surface area contributed by atoms with Crippen LogP contribution < -0.4 is 10.3 Å². The van der Waals surface area contributed by atoms with E-state index >= 15 is 0 Å². The molecule has 1 aromatic heterocycles. The number of sulfonamides is 1. The Kier molecular flexibility index (Phi) is 4.24. The number of pyridine rings is 1. The molecular weight excluding hydrogens is 295 g/mol. The van der Waals surface area contributed by atoms with Crippen LogP contribution in [-0.4, -0.2) is 13.0 Å². The first-order chi connectivity index (χ1) is 9.81. The van der Waals surface area contributed by atoms with Crippen LogP contribution in [0.5, 0.6) is 0 Å². The van der Waals surface area contributed by atoms with Gasteiger partial charge in [0.2, 0.25) is 10.0 Å². The minimum atomic E-state index is -3.79. The molecule has 0 spiro atoms. The standard InChI is InChI=1S/C14H15FN2O3S/c1-10-8-12(5-6-13(10)15)21(19,20)16-9-11-4-3-7-17(2)14(11)18/h3-8,16H,9H2,1-2H3. The number of aromatic nitrogens is 1. The van der Waals surface area contributed by atoms with E-state index in [9.17, 15) is 17.6 Å². The van der Waals surface area contributed by atoms with E-state index in [1.54, 1.807) is 25.4 Å². The van der Waals surface area contributed by atoms with E-state index in [0.29, 0.717) is 5.56 Å². The molecule has 0 saturated heterocycles. The zero-order valence-corrected chi connectivity index (χ0v) is 12.4. The maximum Gasteiger partial charge on any atom is 0.254 e. The van der Waals surface area contributed by atoms with Crippen LogP contribution in [0.2, 0.25) is 0 Å². The van der Waals surface area contributed by atoms with Crippen molar-refractivity contribution in [2.45, 2.75) is 18.4 Å². The van der Waals surface area contributed by atoms with Gasteiger partial charge in [0.25, 0.3) is 5.56 Å². The summed E-state index contributed by atoms with van der Waals surface area (Å²) in [6.07, 6.45) is 1.59. The lowest BCUT2D eigenvalue weighted by atomic mass is 10.2. The van der Waals surface area contributed by atoms with Crippen LogP contribution in [0.25, 0.3) is 0 Å². The smallest absolute Gasteiger partial charge is 0.254 e. The summed E-state index contributed by atoms with van der Waals surface area (Å²) in [5.74, 6) is -0.467. The number of aryl methyl sites for hydroxylation is 2. The molecule has 1 N–H and O–H groups in total. The molecule has 0 aliphatic heterocycles. The van der Waals surface area contributed by atoms with E-state index in [1.165, 1.54) is 23.6 Å². The third-order valence-corrected chi connectivity index (χ3v) is 4.49. The topological polar surface area (TPSA) is 68.2 Å². The Morgan fingerprint density at radius 2 is 2.00 bits per heavy atom. The minimum Gasteiger partial charge on any atom is -0.318 e. The number of hydrogen-bond donors (Lipinski definition) is 1. The van der Waals surface area contributed by atoms with Gasteiger partial charge in [-0.3, -0.25) is 4.79 Å². The van der Waals surface area contributed by atoms with Gasteiger partial charge in [0.05, 0.1) is 4.90 Å². The summed E-state index contributed by atoms with van der Waals surface area (Å²) >= 11 is 0. The van der Waals surface area contributed by atoms with E-state index in [2.05, 4.69) is 4.72 Å². The van der Waals surface area contributed by atoms with E-state index in [-0.39, 0.29) is 22.6 Å². The van der Waals surface area contributed by atoms with Gasteiger partial charge in [0.15, 0.2) is 0 Å². The molecule has 5 nitrogen and oxygen atoms in total. The summed E-state index contributed by atoms with van der Waals surface area (Å²) in [6, 6.07) is 6.76. The first-order valence-corrected chi connectivity index (χ1v) is 7.70. The maximum atomic E-state index is 13.2. The van der Waals surface area contributed by atoms with Crippen LogP contribution in [0.1, 0.15) is 11.1 Å². The molecule has 1 aromatic carbocycles. The summed E-state index contributed by atoms with van der Waals surface area (Å²) in [5.41, 5.74) is 0.311. The monoisotopic (exact) mass is 310 g/mol. The maximum absolute atomic E-state index is 13.2. The van der Waals surface area contributed by atoms with Gasteiger partial charge in [-0.2, -0.15) is 0 Å². The predicted molar refractivity (Wildman–Crippen MR) is 76.8 cm³/mol. The normalized spacial score (nSPS) is 11.6. The Hall–Kier alpha value is -1.99. The van der Waals surface area contributed by atoms with E-state index in [4.69, 9.17) is 0 Å². The average molecular weight is 310 g/mol. The highest BCUT2D eigenvalue weighted by Gasteiger charge is 2.15. The first kappa shape index (κ1) is 15.4. The van der Waals surface area contributed by atoms with Crippen molar-refractivity contribution >= 4 is 10.0 Å². The number of hydrogen-bond acceptors (Lipinski definition) is 3. The number of benzene rings is 1. The Bertz CT molecular complexity index is 828. The van der Waals surface area contributed by atoms with Crippen LogP contribution in [0.3, 0.4) is 0 Å². The highest BCUT2D eigenvalue weighted by atomic mass is 32.2. The van der Waals surface area contributed by atoms with Gasteiger partial charge < -0.3 is 4.57 Å². The molecule has 0 aliphatic carbocycles. The van der Waals surface area contributed by atoms with E-state index < -0.39 is 15.8 Å². The summed E-state index contributed by atoms with van der Waals surface area (Å²) < 4.78 is 41.1. The molecule has 0 bridgehead atoms. The van der Waals surface area contributed by atoms with Crippen LogP contribution in [0, 0.1) is 12.7 Å². The van der Waals surface area contributed by atoms with Gasteiger partial charge in [-0.05, 0) is 36.8 Å². The van der Waals surface area contributed by atoms with Gasteiger partial charge in [0.1, 0.15) is 5.82 Å². The molecule has 7 heteroatoms. The zero-order chi connectivity index (χ0) is 15.6. The second-order valence-electron chi connectivity index (χ2n) is 4.69. The number of nitrogens with zero attached hydrogens (tertiary/aromatic N) is 1. The second kappa shape index (κ2) is 5.79. The van der Waals surface area contributed by atoms with E-state index in [0.717, 1.165) is 6.07 Å². The average Bonchev–Trinajstić information content (AvgIpc) is 2.43. The molecule has 2 rings (SSSR count). The molecule has 2 aromatic rings. The van der Waals surface area contributed by atoms with E-state index in [1.807, 2.05) is 0 Å². The van der Waals surface area contributed by atoms with Gasteiger partial charge in [-0.25, -0.2) is 17.5 Å². The minimum absolute atomic E-state index is 0.0332. The summed E-state index contributed by atoms with van der Waals surface area (Å²) in [5, 5.41) is 0. The lowest BCUT2D eigenvalue weighted by Gasteiger charge is -2.08. The summed E-state index contributed by atoms with van der Waals surface area (Å²) in [4.78, 5) is 11.8. The highest BCUT2D eigenvalue weighted by Crippen LogP contribution is 2.14. The van der Waals surface area contributed by atoms with Crippen molar-refractivity contribution in [1.82, 2.24) is 9.29 Å². The molecule has 0 atom stereocenters. The van der Waals surface area contributed by atoms with Crippen molar-refractivity contribution < 1.29 is 12.8 Å². The lowest BCUT2D eigenvalue weighted by Crippen LogP contribution is -2.29. The quantitative estimate of drug-likeness (QED) is 0.926. The molecule has 0 unspecified atom stereocenters. The fraction of sp³-hybridized carbons (Fsp3) is 0.214. The van der Waals surface area contributed by atoms with Gasteiger partial charge >= 0.3 is 0 Å². The number of rotatable bonds is 4. The Balaban J connectivity index is 2.24. The molecule has 0 saturated carbocycles. The van der Waals surface area contributed by atoms with Crippen LogP contribution in [-0.2, 0) is 23.6 Å². The van der Waals surface area contributed by atoms with Crippen molar-refractivity contribution in [1.29, 1.82) is 0 Å². The second-order valence-corrected chi connectivity index (χ2v) is 6.45. The third-order valence-electron chi connectivity index (χ3n) is 3.09. The van der Waals surface area contributed by atoms with Crippen molar-refractivity contribution in [3.8, 4) is 0 Å². The van der Waals surface area contributed by atoms with Gasteiger partial charge in [-0.1, -0.05) is 6.07 Å². The molecule has 0 fully saturated rings. The van der Waals surface area contributed by atoms with Crippen LogP contribution in [0.15, 0.2) is 46.2 Å². The van der Waals surface area contributed by atoms with Gasteiger partial charge in [-0.15, -0.1) is 0 Å². The fourth-order valence-electron chi connectivity index (χ4n) is 1.83. The predicted octanol–water partition coefficient (Wildman–Crippen LogP) is 1.31. The summed E-state index contributed by atoms with van der Waals surface area (Å²) in [6.45, 7) is 1.37. The summed E-state index contributed by atoms with van der Waals surface area (Å²) in [7, 11) is -2.21. The van der Waals surface area contributed by atoms with Crippen molar-refractivity contribution in [2.75, 3.05) is 0 Å². The molecule has 1 heterocycles. The SMILES string of the molecule is Cc1cc(S(=O)(=O)NCc2cccn(C)c2=O)ccc1F. The Morgan fingerprint density at radius 3 is 2.67 bits per heavy atom. The molecule has 21 heavy (non-hydrogen) atoms. The molecule has 0 radical (unpaired) electrons. The van der Waals surface area contributed by atoms with Crippen LogP contribution >= 0.6 is 0 Å². The van der Waals surface area contributed by atoms with Crippen molar-refractivity contribution in [3.63, 3.8) is 0 Å².